The predicted molar refractivity (Wildman–Crippen MR) is 135 cm³/mol. The Morgan fingerprint density at radius 2 is 1.78 bits per heavy atom. The summed E-state index contributed by atoms with van der Waals surface area (Å²) in [7, 11) is 1.59. The van der Waals surface area contributed by atoms with Gasteiger partial charge in [-0.1, -0.05) is 18.5 Å². The van der Waals surface area contributed by atoms with Gasteiger partial charge in [-0.25, -0.2) is 14.6 Å². The third-order valence-corrected chi connectivity index (χ3v) is 5.79. The minimum atomic E-state index is -1.16. The average molecular weight is 508 g/mol. The first kappa shape index (κ1) is 24.7. The van der Waals surface area contributed by atoms with Gasteiger partial charge in [0.1, 0.15) is 11.6 Å². The third kappa shape index (κ3) is 5.31. The van der Waals surface area contributed by atoms with Crippen molar-refractivity contribution in [2.75, 3.05) is 12.4 Å². The number of aromatic amines is 1. The number of carbonyl (C=O) groups is 3. The number of amides is 1. The van der Waals surface area contributed by atoms with E-state index in [0.717, 1.165) is 11.3 Å². The number of H-pyrrole nitrogens is 1. The molecule has 1 atom stereocenters. The number of methoxy groups -OCH3 is 1. The first-order chi connectivity index (χ1) is 17.3. The lowest BCUT2D eigenvalue weighted by Crippen LogP contribution is -2.32. The Labute approximate surface area is 211 Å². The van der Waals surface area contributed by atoms with E-state index in [1.54, 1.807) is 32.2 Å². The van der Waals surface area contributed by atoms with Crippen molar-refractivity contribution in [2.45, 2.75) is 19.4 Å². The second kappa shape index (κ2) is 10.5. The number of rotatable bonds is 8. The number of aromatic carboxylic acids is 1. The van der Waals surface area contributed by atoms with Crippen molar-refractivity contribution in [1.82, 2.24) is 9.97 Å². The standard InChI is InChI=1S/C26H22ClN3O6/c1-3-22(24(31)30-20-12-15(25(32)33)6-10-18(20)27)36-26(34)16-7-11-19-21(13-16)29-23(28-19)14-4-8-17(35-2)9-5-14/h4-13,22H,3H2,1-2H3,(H,28,29)(H,30,31)(H,32,33). The van der Waals surface area contributed by atoms with Crippen LogP contribution >= 0.6 is 11.6 Å². The molecule has 0 saturated carbocycles. The Hall–Kier alpha value is -4.37. The molecule has 184 valence electrons. The summed E-state index contributed by atoms with van der Waals surface area (Å²) in [4.78, 5) is 44.5. The number of hydrogen-bond donors (Lipinski definition) is 3. The highest BCUT2D eigenvalue weighted by Crippen LogP contribution is 2.25. The molecule has 0 saturated heterocycles. The first-order valence-electron chi connectivity index (χ1n) is 11.0. The second-order valence-corrected chi connectivity index (χ2v) is 8.24. The number of aromatic nitrogens is 2. The summed E-state index contributed by atoms with van der Waals surface area (Å²) in [6.07, 6.45) is -0.920. The van der Waals surface area contributed by atoms with Gasteiger partial charge in [0.25, 0.3) is 5.91 Å². The fraction of sp³-hybridized carbons (Fsp3) is 0.154. The summed E-state index contributed by atoms with van der Waals surface area (Å²) < 4.78 is 10.6. The van der Waals surface area contributed by atoms with Gasteiger partial charge in [0.05, 0.1) is 40.0 Å². The molecule has 1 heterocycles. The summed E-state index contributed by atoms with van der Waals surface area (Å²) in [5.41, 5.74) is 2.46. The molecule has 0 radical (unpaired) electrons. The number of carboxylic acids is 1. The molecule has 1 unspecified atom stereocenters. The maximum Gasteiger partial charge on any atom is 0.338 e. The molecule has 0 fully saturated rings. The van der Waals surface area contributed by atoms with Crippen LogP contribution in [0.1, 0.15) is 34.1 Å². The van der Waals surface area contributed by atoms with Crippen LogP contribution in [0, 0.1) is 0 Å². The van der Waals surface area contributed by atoms with Gasteiger partial charge in [0.2, 0.25) is 0 Å². The molecule has 4 aromatic rings. The lowest BCUT2D eigenvalue weighted by molar-refractivity contribution is -0.124. The molecule has 9 nitrogen and oxygen atoms in total. The van der Waals surface area contributed by atoms with Gasteiger partial charge in [-0.3, -0.25) is 4.79 Å². The van der Waals surface area contributed by atoms with E-state index in [4.69, 9.17) is 26.2 Å². The summed E-state index contributed by atoms with van der Waals surface area (Å²) in [5, 5.41) is 11.9. The Bertz CT molecular complexity index is 1450. The smallest absolute Gasteiger partial charge is 0.338 e. The van der Waals surface area contributed by atoms with Crippen LogP contribution in [0.5, 0.6) is 5.75 Å². The number of hydrogen-bond acceptors (Lipinski definition) is 6. The average Bonchev–Trinajstić information content (AvgIpc) is 3.31. The summed E-state index contributed by atoms with van der Waals surface area (Å²) in [6, 6.07) is 16.2. The lowest BCUT2D eigenvalue weighted by Gasteiger charge is -2.17. The van der Waals surface area contributed by atoms with Gasteiger partial charge >= 0.3 is 11.9 Å². The molecule has 0 aliphatic rings. The Morgan fingerprint density at radius 1 is 1.06 bits per heavy atom. The van der Waals surface area contributed by atoms with E-state index >= 15 is 0 Å². The molecule has 0 aliphatic carbocycles. The summed E-state index contributed by atoms with van der Waals surface area (Å²) in [5.74, 6) is -1.12. The quantitative estimate of drug-likeness (QED) is 0.280. The molecule has 3 N–H and O–H groups in total. The Balaban J connectivity index is 1.49. The van der Waals surface area contributed by atoms with Gasteiger partial charge in [-0.05, 0) is 67.1 Å². The maximum absolute atomic E-state index is 12.8. The zero-order chi connectivity index (χ0) is 25.8. The van der Waals surface area contributed by atoms with Gasteiger partial charge in [0.15, 0.2) is 6.10 Å². The number of esters is 1. The Morgan fingerprint density at radius 3 is 2.44 bits per heavy atom. The molecule has 4 rings (SSSR count). The van der Waals surface area contributed by atoms with Crippen molar-refractivity contribution in [3.63, 3.8) is 0 Å². The van der Waals surface area contributed by atoms with Crippen molar-refractivity contribution >= 4 is 46.2 Å². The van der Waals surface area contributed by atoms with Crippen LogP contribution in [0.3, 0.4) is 0 Å². The molecular formula is C26H22ClN3O6. The largest absolute Gasteiger partial charge is 0.497 e. The minimum absolute atomic E-state index is 0.0402. The fourth-order valence-corrected chi connectivity index (χ4v) is 3.67. The number of carbonyl (C=O) groups excluding carboxylic acids is 2. The van der Waals surface area contributed by atoms with E-state index in [-0.39, 0.29) is 28.3 Å². The highest BCUT2D eigenvalue weighted by Gasteiger charge is 2.23. The molecule has 3 aromatic carbocycles. The number of fused-ring (bicyclic) bond motifs is 1. The highest BCUT2D eigenvalue weighted by atomic mass is 35.5. The maximum atomic E-state index is 12.8. The van der Waals surface area contributed by atoms with E-state index < -0.39 is 23.9 Å². The molecule has 1 amide bonds. The van der Waals surface area contributed by atoms with Crippen LogP contribution in [0.15, 0.2) is 60.7 Å². The summed E-state index contributed by atoms with van der Waals surface area (Å²) >= 11 is 6.08. The van der Waals surface area contributed by atoms with E-state index in [1.807, 2.05) is 24.3 Å². The van der Waals surface area contributed by atoms with E-state index in [1.165, 1.54) is 18.2 Å². The van der Waals surface area contributed by atoms with Gasteiger partial charge < -0.3 is 24.9 Å². The minimum Gasteiger partial charge on any atom is -0.497 e. The van der Waals surface area contributed by atoms with Gasteiger partial charge in [-0.15, -0.1) is 0 Å². The van der Waals surface area contributed by atoms with Crippen LogP contribution in [0.25, 0.3) is 22.4 Å². The molecular weight excluding hydrogens is 486 g/mol. The van der Waals surface area contributed by atoms with E-state index in [9.17, 15) is 14.4 Å². The zero-order valence-electron chi connectivity index (χ0n) is 19.4. The van der Waals surface area contributed by atoms with Crippen LogP contribution in [-0.2, 0) is 9.53 Å². The number of ether oxygens (including phenoxy) is 2. The predicted octanol–water partition coefficient (Wildman–Crippen LogP) is 5.16. The highest BCUT2D eigenvalue weighted by molar-refractivity contribution is 6.34. The van der Waals surface area contributed by atoms with Crippen LogP contribution in [-0.4, -0.2) is 46.1 Å². The summed E-state index contributed by atoms with van der Waals surface area (Å²) in [6.45, 7) is 1.69. The first-order valence-corrected chi connectivity index (χ1v) is 11.4. The number of benzene rings is 3. The number of nitrogens with zero attached hydrogens (tertiary/aromatic N) is 1. The number of halogens is 1. The normalized spacial score (nSPS) is 11.6. The SMILES string of the molecule is CCC(OC(=O)c1ccc2nc(-c3ccc(OC)cc3)[nH]c2c1)C(=O)Nc1cc(C(=O)O)ccc1Cl. The number of imidazole rings is 1. The van der Waals surface area contributed by atoms with Crippen molar-refractivity contribution in [1.29, 1.82) is 0 Å². The lowest BCUT2D eigenvalue weighted by atomic mass is 10.1. The topological polar surface area (TPSA) is 131 Å². The monoisotopic (exact) mass is 507 g/mol. The van der Waals surface area contributed by atoms with Crippen LogP contribution in [0.4, 0.5) is 5.69 Å². The molecule has 0 bridgehead atoms. The van der Waals surface area contributed by atoms with Gasteiger partial charge in [-0.2, -0.15) is 0 Å². The molecule has 1 aromatic heterocycles. The fourth-order valence-electron chi connectivity index (χ4n) is 3.51. The van der Waals surface area contributed by atoms with Crippen molar-refractivity contribution < 1.29 is 29.0 Å². The third-order valence-electron chi connectivity index (χ3n) is 5.46. The van der Waals surface area contributed by atoms with E-state index in [0.29, 0.717) is 16.9 Å². The zero-order valence-corrected chi connectivity index (χ0v) is 20.1. The second-order valence-electron chi connectivity index (χ2n) is 7.84. The molecule has 36 heavy (non-hydrogen) atoms. The number of anilines is 1. The molecule has 10 heteroatoms. The van der Waals surface area contributed by atoms with Crippen molar-refractivity contribution in [2.24, 2.45) is 0 Å². The van der Waals surface area contributed by atoms with E-state index in [2.05, 4.69) is 15.3 Å². The molecule has 0 spiro atoms. The van der Waals surface area contributed by atoms with Crippen LogP contribution in [0.2, 0.25) is 5.02 Å². The molecule has 0 aliphatic heterocycles. The number of nitrogens with one attached hydrogen (secondary N) is 2. The number of carboxylic acid groups (broad SMARTS) is 1. The van der Waals surface area contributed by atoms with Crippen LogP contribution < -0.4 is 10.1 Å². The van der Waals surface area contributed by atoms with Crippen molar-refractivity contribution in [3.05, 3.63) is 76.8 Å². The Kier molecular flexibility index (Phi) is 7.21. The van der Waals surface area contributed by atoms with Gasteiger partial charge in [0, 0.05) is 5.56 Å². The van der Waals surface area contributed by atoms with Crippen molar-refractivity contribution in [3.8, 4) is 17.1 Å².